The van der Waals surface area contributed by atoms with Crippen LogP contribution in [0.4, 0.5) is 4.79 Å². The van der Waals surface area contributed by atoms with Gasteiger partial charge < -0.3 is 10.4 Å². The van der Waals surface area contributed by atoms with Crippen molar-refractivity contribution in [3.05, 3.63) is 0 Å². The van der Waals surface area contributed by atoms with Crippen LogP contribution in [0.3, 0.4) is 0 Å². The zero-order valence-electron chi connectivity index (χ0n) is 10.6. The van der Waals surface area contributed by atoms with Gasteiger partial charge in [0, 0.05) is 0 Å². The summed E-state index contributed by atoms with van der Waals surface area (Å²) in [5.74, 6) is -0.855. The molecule has 3 amide bonds. The molecular weight excluding hydrogens is 236 g/mol. The van der Waals surface area contributed by atoms with E-state index in [1.54, 1.807) is 0 Å². The van der Waals surface area contributed by atoms with E-state index in [0.717, 1.165) is 11.3 Å². The van der Waals surface area contributed by atoms with Gasteiger partial charge >= 0.3 is 12.0 Å². The Morgan fingerprint density at radius 3 is 2.44 bits per heavy atom. The number of rotatable bonds is 2. The Morgan fingerprint density at radius 2 is 1.94 bits per heavy atom. The number of hydrogen-bond donors (Lipinski definition) is 2. The molecule has 2 rings (SSSR count). The van der Waals surface area contributed by atoms with Crippen LogP contribution in [0.1, 0.15) is 33.1 Å². The number of carboxylic acid groups (broad SMARTS) is 1. The number of imide groups is 1. The van der Waals surface area contributed by atoms with E-state index in [-0.39, 0.29) is 5.91 Å². The summed E-state index contributed by atoms with van der Waals surface area (Å²) < 4.78 is 0. The van der Waals surface area contributed by atoms with Crippen molar-refractivity contribution < 1.29 is 19.5 Å². The van der Waals surface area contributed by atoms with Gasteiger partial charge in [-0.25, -0.2) is 4.79 Å². The second-order valence-corrected chi connectivity index (χ2v) is 5.65. The van der Waals surface area contributed by atoms with Crippen molar-refractivity contribution in [1.82, 2.24) is 10.2 Å². The summed E-state index contributed by atoms with van der Waals surface area (Å²) >= 11 is 0. The minimum absolute atomic E-state index is 0.350. The number of amides is 3. The van der Waals surface area contributed by atoms with Crippen LogP contribution in [-0.4, -0.2) is 40.0 Å². The molecule has 6 nitrogen and oxygen atoms in total. The highest BCUT2D eigenvalue weighted by Gasteiger charge is 2.54. The van der Waals surface area contributed by atoms with Gasteiger partial charge in [-0.3, -0.25) is 14.5 Å². The van der Waals surface area contributed by atoms with Crippen molar-refractivity contribution in [1.29, 1.82) is 0 Å². The van der Waals surface area contributed by atoms with Crippen molar-refractivity contribution in [2.45, 2.75) is 38.6 Å². The molecule has 0 aromatic heterocycles. The number of hydrogen-bond acceptors (Lipinski definition) is 3. The molecule has 18 heavy (non-hydrogen) atoms. The highest BCUT2D eigenvalue weighted by molar-refractivity contribution is 6.08. The van der Waals surface area contributed by atoms with Crippen LogP contribution >= 0.6 is 0 Å². The third-order valence-electron chi connectivity index (χ3n) is 3.74. The third kappa shape index (κ3) is 2.07. The largest absolute Gasteiger partial charge is 0.480 e. The predicted molar refractivity (Wildman–Crippen MR) is 62.8 cm³/mol. The van der Waals surface area contributed by atoms with Crippen molar-refractivity contribution in [2.24, 2.45) is 11.8 Å². The molecule has 1 saturated carbocycles. The van der Waals surface area contributed by atoms with Gasteiger partial charge in [-0.2, -0.15) is 0 Å². The van der Waals surface area contributed by atoms with Gasteiger partial charge in [0.25, 0.3) is 5.91 Å². The maximum atomic E-state index is 12.3. The van der Waals surface area contributed by atoms with Gasteiger partial charge in [0.1, 0.15) is 12.1 Å². The minimum atomic E-state index is -1.17. The van der Waals surface area contributed by atoms with E-state index in [4.69, 9.17) is 5.11 Å². The Bertz CT molecular complexity index is 397. The normalized spacial score (nSPS) is 36.0. The second-order valence-electron chi connectivity index (χ2n) is 5.65. The van der Waals surface area contributed by atoms with Crippen molar-refractivity contribution >= 4 is 17.9 Å². The van der Waals surface area contributed by atoms with Gasteiger partial charge in [0.15, 0.2) is 0 Å². The molecular formula is C12H18N2O4. The third-order valence-corrected chi connectivity index (χ3v) is 3.74. The monoisotopic (exact) mass is 254 g/mol. The average Bonchev–Trinajstić information content (AvgIpc) is 2.40. The molecule has 0 aromatic rings. The summed E-state index contributed by atoms with van der Waals surface area (Å²) in [5, 5.41) is 11.4. The van der Waals surface area contributed by atoms with Gasteiger partial charge in [-0.1, -0.05) is 13.8 Å². The fourth-order valence-electron chi connectivity index (χ4n) is 3.36. The Hall–Kier alpha value is -1.59. The van der Waals surface area contributed by atoms with Crippen molar-refractivity contribution in [3.8, 4) is 0 Å². The Labute approximate surface area is 105 Å². The fourth-order valence-corrected chi connectivity index (χ4v) is 3.36. The maximum absolute atomic E-state index is 12.3. The SMILES string of the molecule is C[C@H]1C[C@H](C)CC2(C1)NC(=O)N(CC(=O)O)C2=O. The van der Waals surface area contributed by atoms with Crippen LogP contribution in [0, 0.1) is 11.8 Å². The molecule has 2 fully saturated rings. The van der Waals surface area contributed by atoms with Crippen LogP contribution < -0.4 is 5.32 Å². The summed E-state index contributed by atoms with van der Waals surface area (Å²) in [6.45, 7) is 3.54. The minimum Gasteiger partial charge on any atom is -0.480 e. The van der Waals surface area contributed by atoms with Crippen LogP contribution in [-0.2, 0) is 9.59 Å². The number of nitrogens with zero attached hydrogens (tertiary/aromatic N) is 1. The summed E-state index contributed by atoms with van der Waals surface area (Å²) in [7, 11) is 0. The van der Waals surface area contributed by atoms with Gasteiger partial charge in [-0.15, -0.1) is 0 Å². The molecule has 1 aliphatic heterocycles. The van der Waals surface area contributed by atoms with Crippen LogP contribution in [0.5, 0.6) is 0 Å². The molecule has 2 atom stereocenters. The van der Waals surface area contributed by atoms with E-state index < -0.39 is 24.1 Å². The molecule has 0 aromatic carbocycles. The first kappa shape index (κ1) is 12.9. The lowest BCUT2D eigenvalue weighted by atomic mass is 9.71. The second kappa shape index (κ2) is 4.26. The summed E-state index contributed by atoms with van der Waals surface area (Å²) in [6, 6.07) is -0.580. The van der Waals surface area contributed by atoms with Gasteiger partial charge in [0.05, 0.1) is 0 Å². The quantitative estimate of drug-likeness (QED) is 0.714. The number of carboxylic acids is 1. The number of aliphatic carboxylic acids is 1. The lowest BCUT2D eigenvalue weighted by Crippen LogP contribution is -2.52. The first-order valence-corrected chi connectivity index (χ1v) is 6.20. The average molecular weight is 254 g/mol. The lowest BCUT2D eigenvalue weighted by molar-refractivity contribution is -0.143. The van der Waals surface area contributed by atoms with E-state index >= 15 is 0 Å². The van der Waals surface area contributed by atoms with Crippen LogP contribution in [0.25, 0.3) is 0 Å². The summed E-state index contributed by atoms with van der Waals surface area (Å²) in [4.78, 5) is 35.5. The van der Waals surface area contributed by atoms with E-state index in [1.807, 2.05) is 0 Å². The fraction of sp³-hybridized carbons (Fsp3) is 0.750. The summed E-state index contributed by atoms with van der Waals surface area (Å²) in [5.41, 5.74) is -0.871. The topological polar surface area (TPSA) is 86.7 Å². The molecule has 0 bridgehead atoms. The van der Waals surface area contributed by atoms with Crippen molar-refractivity contribution in [3.63, 3.8) is 0 Å². The maximum Gasteiger partial charge on any atom is 0.325 e. The smallest absolute Gasteiger partial charge is 0.325 e. The molecule has 2 aliphatic rings. The van der Waals surface area contributed by atoms with E-state index in [0.29, 0.717) is 24.7 Å². The number of carbonyl (C=O) groups excluding carboxylic acids is 2. The predicted octanol–water partition coefficient (Wildman–Crippen LogP) is 0.818. The molecule has 1 aliphatic carbocycles. The molecule has 1 spiro atoms. The van der Waals surface area contributed by atoms with Crippen molar-refractivity contribution in [2.75, 3.05) is 6.54 Å². The molecule has 2 N–H and O–H groups in total. The Kier molecular flexibility index (Phi) is 3.04. The molecule has 6 heteroatoms. The molecule has 100 valence electrons. The highest BCUT2D eigenvalue weighted by Crippen LogP contribution is 2.39. The first-order valence-electron chi connectivity index (χ1n) is 6.20. The Balaban J connectivity index is 2.22. The van der Waals surface area contributed by atoms with Gasteiger partial charge in [0.2, 0.25) is 0 Å². The number of urea groups is 1. The zero-order chi connectivity index (χ0) is 13.5. The molecule has 0 radical (unpaired) electrons. The van der Waals surface area contributed by atoms with Crippen LogP contribution in [0.2, 0.25) is 0 Å². The number of carbonyl (C=O) groups is 3. The van der Waals surface area contributed by atoms with E-state index in [9.17, 15) is 14.4 Å². The summed E-state index contributed by atoms with van der Waals surface area (Å²) in [6.07, 6.45) is 2.22. The molecule has 1 heterocycles. The first-order chi connectivity index (χ1) is 8.34. The molecule has 1 saturated heterocycles. The zero-order valence-corrected chi connectivity index (χ0v) is 10.6. The number of nitrogens with one attached hydrogen (secondary N) is 1. The molecule has 0 unspecified atom stereocenters. The lowest BCUT2D eigenvalue weighted by Gasteiger charge is -2.37. The highest BCUT2D eigenvalue weighted by atomic mass is 16.4. The Morgan fingerprint density at radius 1 is 1.39 bits per heavy atom. The van der Waals surface area contributed by atoms with E-state index in [2.05, 4.69) is 19.2 Å². The van der Waals surface area contributed by atoms with Gasteiger partial charge in [-0.05, 0) is 31.1 Å². The van der Waals surface area contributed by atoms with Crippen LogP contribution in [0.15, 0.2) is 0 Å². The standard InChI is InChI=1S/C12H18N2O4/c1-7-3-8(2)5-12(4-7)10(17)14(6-9(15)16)11(18)13-12/h7-8H,3-6H2,1-2H3,(H,13,18)(H,15,16)/t7-,8-/m0/s1. The van der Waals surface area contributed by atoms with E-state index in [1.165, 1.54) is 0 Å².